The van der Waals surface area contributed by atoms with Crippen molar-refractivity contribution in [1.29, 1.82) is 0 Å². The Morgan fingerprint density at radius 1 is 1.05 bits per heavy atom. The Labute approximate surface area is 136 Å². The number of hydrogen-bond acceptors (Lipinski definition) is 4. The van der Waals surface area contributed by atoms with Crippen molar-refractivity contribution in [3.8, 4) is 5.75 Å². The Morgan fingerprint density at radius 2 is 1.64 bits per heavy atom. The van der Waals surface area contributed by atoms with Gasteiger partial charge in [0.25, 0.3) is 5.91 Å². The highest BCUT2D eigenvalue weighted by Gasteiger charge is 2.11. The number of phenolic OH excluding ortho intramolecular Hbond substituents is 1. The summed E-state index contributed by atoms with van der Waals surface area (Å²) in [5.74, 6) is -1.16. The largest absolute Gasteiger partial charge is 0.508 e. The van der Waals surface area contributed by atoms with Crippen molar-refractivity contribution < 1.29 is 19.4 Å². The van der Waals surface area contributed by atoms with Crippen molar-refractivity contribution in [2.45, 2.75) is 0 Å². The third kappa shape index (κ3) is 4.65. The molecule has 0 unspecified atom stereocenters. The third-order valence-electron chi connectivity index (χ3n) is 2.58. The molecule has 114 valence electrons. The van der Waals surface area contributed by atoms with Crippen LogP contribution < -0.4 is 5.32 Å². The van der Waals surface area contributed by atoms with Gasteiger partial charge in [-0.25, -0.2) is 4.79 Å². The first-order valence-corrected chi connectivity index (χ1v) is 6.92. The van der Waals surface area contributed by atoms with E-state index >= 15 is 0 Å². The highest BCUT2D eigenvalue weighted by molar-refractivity contribution is 6.35. The summed E-state index contributed by atoms with van der Waals surface area (Å²) in [7, 11) is 0. The predicted molar refractivity (Wildman–Crippen MR) is 83.5 cm³/mol. The van der Waals surface area contributed by atoms with Gasteiger partial charge in [0.15, 0.2) is 6.61 Å². The molecule has 0 saturated heterocycles. The smallest absolute Gasteiger partial charge is 0.338 e. The molecule has 0 atom stereocenters. The van der Waals surface area contributed by atoms with Crippen molar-refractivity contribution in [2.75, 3.05) is 11.9 Å². The van der Waals surface area contributed by atoms with Crippen LogP contribution in [0.5, 0.6) is 5.75 Å². The average Bonchev–Trinajstić information content (AvgIpc) is 2.44. The number of esters is 1. The van der Waals surface area contributed by atoms with Crippen molar-refractivity contribution >= 4 is 40.8 Å². The molecule has 2 rings (SSSR count). The molecule has 22 heavy (non-hydrogen) atoms. The van der Waals surface area contributed by atoms with Crippen LogP contribution in [0.3, 0.4) is 0 Å². The summed E-state index contributed by atoms with van der Waals surface area (Å²) in [6, 6.07) is 10.1. The number of phenols is 1. The maximum Gasteiger partial charge on any atom is 0.338 e. The average molecular weight is 340 g/mol. The molecule has 5 nitrogen and oxygen atoms in total. The van der Waals surface area contributed by atoms with E-state index in [0.717, 1.165) is 0 Å². The normalized spacial score (nSPS) is 10.1. The van der Waals surface area contributed by atoms with E-state index in [0.29, 0.717) is 15.7 Å². The van der Waals surface area contributed by atoms with Gasteiger partial charge in [-0.05, 0) is 42.5 Å². The fraction of sp³-hybridized carbons (Fsp3) is 0.0667. The molecule has 0 saturated carbocycles. The molecule has 0 aromatic heterocycles. The number of carbonyl (C=O) groups is 2. The second kappa shape index (κ2) is 7.15. The minimum absolute atomic E-state index is 0.0344. The van der Waals surface area contributed by atoms with Gasteiger partial charge in [-0.3, -0.25) is 4.79 Å². The van der Waals surface area contributed by atoms with Crippen LogP contribution in [0.4, 0.5) is 5.69 Å². The minimum atomic E-state index is -0.667. The molecule has 0 aliphatic heterocycles. The first kappa shape index (κ1) is 16.1. The number of hydrogen-bond donors (Lipinski definition) is 2. The highest BCUT2D eigenvalue weighted by atomic mass is 35.5. The van der Waals surface area contributed by atoms with Crippen molar-refractivity contribution in [1.82, 2.24) is 0 Å². The summed E-state index contributed by atoms with van der Waals surface area (Å²) in [6.45, 7) is -0.455. The Balaban J connectivity index is 1.89. The third-order valence-corrected chi connectivity index (χ3v) is 3.02. The van der Waals surface area contributed by atoms with Gasteiger partial charge in [0.1, 0.15) is 5.75 Å². The Kier molecular flexibility index (Phi) is 5.25. The lowest BCUT2D eigenvalue weighted by Crippen LogP contribution is -2.20. The molecule has 0 aliphatic carbocycles. The molecule has 0 aliphatic rings. The van der Waals surface area contributed by atoms with Gasteiger partial charge >= 0.3 is 5.97 Å². The van der Waals surface area contributed by atoms with Gasteiger partial charge in [-0.2, -0.15) is 0 Å². The summed E-state index contributed by atoms with van der Waals surface area (Å²) >= 11 is 11.6. The molecule has 0 spiro atoms. The second-order valence-electron chi connectivity index (χ2n) is 4.33. The van der Waals surface area contributed by atoms with Gasteiger partial charge < -0.3 is 15.2 Å². The van der Waals surface area contributed by atoms with Crippen molar-refractivity contribution in [3.63, 3.8) is 0 Å². The molecule has 2 aromatic carbocycles. The van der Waals surface area contributed by atoms with Crippen LogP contribution in [0.15, 0.2) is 42.5 Å². The lowest BCUT2D eigenvalue weighted by Gasteiger charge is -2.07. The van der Waals surface area contributed by atoms with E-state index in [1.54, 1.807) is 0 Å². The molecule has 7 heteroatoms. The predicted octanol–water partition coefficient (Wildman–Crippen LogP) is 3.49. The Bertz CT molecular complexity index is 681. The van der Waals surface area contributed by atoms with Crippen molar-refractivity contribution in [2.24, 2.45) is 0 Å². The zero-order chi connectivity index (χ0) is 16.1. The SMILES string of the molecule is O=C(COC(=O)c1ccc(O)cc1)Nc1cc(Cl)cc(Cl)c1. The van der Waals surface area contributed by atoms with Gasteiger partial charge in [0.2, 0.25) is 0 Å². The van der Waals surface area contributed by atoms with Crippen LogP contribution in [0.25, 0.3) is 0 Å². The molecular formula is C15H11Cl2NO4. The van der Waals surface area contributed by atoms with Crippen LogP contribution in [-0.4, -0.2) is 23.6 Å². The molecule has 0 radical (unpaired) electrons. The number of rotatable bonds is 4. The summed E-state index contributed by atoms with van der Waals surface area (Å²) in [5, 5.41) is 12.4. The number of anilines is 1. The Morgan fingerprint density at radius 3 is 2.23 bits per heavy atom. The number of halogens is 2. The maximum absolute atomic E-state index is 11.7. The number of benzene rings is 2. The first-order chi connectivity index (χ1) is 10.4. The summed E-state index contributed by atoms with van der Waals surface area (Å²) in [5.41, 5.74) is 0.639. The van der Waals surface area contributed by atoms with Crippen LogP contribution in [-0.2, 0) is 9.53 Å². The molecule has 0 fully saturated rings. The Hall–Kier alpha value is -2.24. The van der Waals surface area contributed by atoms with Gasteiger partial charge in [0, 0.05) is 15.7 Å². The van der Waals surface area contributed by atoms with Gasteiger partial charge in [-0.1, -0.05) is 23.2 Å². The van der Waals surface area contributed by atoms with E-state index < -0.39 is 18.5 Å². The molecule has 0 bridgehead atoms. The standard InChI is InChI=1S/C15H11Cl2NO4/c16-10-5-11(17)7-12(6-10)18-14(20)8-22-15(21)9-1-3-13(19)4-2-9/h1-7,19H,8H2,(H,18,20). The van der Waals surface area contributed by atoms with Gasteiger partial charge in [-0.15, -0.1) is 0 Å². The number of ether oxygens (including phenoxy) is 1. The van der Waals surface area contributed by atoms with E-state index in [9.17, 15) is 9.59 Å². The van der Waals surface area contributed by atoms with Crippen LogP contribution >= 0.6 is 23.2 Å². The fourth-order valence-electron chi connectivity index (χ4n) is 1.64. The first-order valence-electron chi connectivity index (χ1n) is 6.16. The van der Waals surface area contributed by atoms with E-state index in [1.165, 1.54) is 42.5 Å². The number of nitrogens with one attached hydrogen (secondary N) is 1. The van der Waals surface area contributed by atoms with E-state index in [1.807, 2.05) is 0 Å². The highest BCUT2D eigenvalue weighted by Crippen LogP contribution is 2.22. The van der Waals surface area contributed by atoms with Gasteiger partial charge in [0.05, 0.1) is 5.56 Å². The van der Waals surface area contributed by atoms with E-state index in [4.69, 9.17) is 33.0 Å². The zero-order valence-electron chi connectivity index (χ0n) is 11.2. The summed E-state index contributed by atoms with van der Waals surface area (Å²) < 4.78 is 4.86. The van der Waals surface area contributed by atoms with Crippen LogP contribution in [0.2, 0.25) is 10.0 Å². The fourth-order valence-corrected chi connectivity index (χ4v) is 2.16. The number of carbonyl (C=O) groups excluding carboxylic acids is 2. The molecule has 2 aromatic rings. The van der Waals surface area contributed by atoms with Crippen molar-refractivity contribution in [3.05, 3.63) is 58.1 Å². The lowest BCUT2D eigenvalue weighted by atomic mass is 10.2. The van der Waals surface area contributed by atoms with E-state index in [-0.39, 0.29) is 11.3 Å². The number of aromatic hydroxyl groups is 1. The topological polar surface area (TPSA) is 75.6 Å². The zero-order valence-corrected chi connectivity index (χ0v) is 12.7. The van der Waals surface area contributed by atoms with Crippen LogP contribution in [0.1, 0.15) is 10.4 Å². The summed E-state index contributed by atoms with van der Waals surface area (Å²) in [4.78, 5) is 23.4. The van der Waals surface area contributed by atoms with Crippen LogP contribution in [0, 0.1) is 0 Å². The maximum atomic E-state index is 11.7. The number of amides is 1. The molecule has 1 amide bonds. The van der Waals surface area contributed by atoms with E-state index in [2.05, 4.69) is 5.32 Å². The minimum Gasteiger partial charge on any atom is -0.508 e. The molecule has 0 heterocycles. The summed E-state index contributed by atoms with van der Waals surface area (Å²) in [6.07, 6.45) is 0. The quantitative estimate of drug-likeness (QED) is 0.836. The lowest BCUT2D eigenvalue weighted by molar-refractivity contribution is -0.119. The molecular weight excluding hydrogens is 329 g/mol. The monoisotopic (exact) mass is 339 g/mol. The molecule has 2 N–H and O–H groups in total. The second-order valence-corrected chi connectivity index (χ2v) is 5.20.